The van der Waals surface area contributed by atoms with Crippen molar-refractivity contribution in [2.75, 3.05) is 27.9 Å². The zero-order chi connectivity index (χ0) is 13.6. The van der Waals surface area contributed by atoms with Gasteiger partial charge in [-0.3, -0.25) is 4.31 Å². The van der Waals surface area contributed by atoms with Crippen LogP contribution in [0.1, 0.15) is 5.56 Å². The molecule has 0 atom stereocenters. The predicted molar refractivity (Wildman–Crippen MR) is 70.5 cm³/mol. The fourth-order valence-corrected chi connectivity index (χ4v) is 5.50. The lowest BCUT2D eigenvalue weighted by Gasteiger charge is -2.19. The molecule has 0 unspecified atom stereocenters. The molecule has 0 bridgehead atoms. The number of sulfone groups is 1. The van der Waals surface area contributed by atoms with Crippen molar-refractivity contribution in [3.63, 3.8) is 0 Å². The number of benzene rings is 1. The Bertz CT molecular complexity index is 680. The third-order valence-corrected chi connectivity index (χ3v) is 6.62. The van der Waals surface area contributed by atoms with Gasteiger partial charge in [0.15, 0.2) is 14.9 Å². The highest BCUT2D eigenvalue weighted by Crippen LogP contribution is 2.32. The number of anilines is 2. The van der Waals surface area contributed by atoms with Crippen LogP contribution in [0.3, 0.4) is 0 Å². The number of nitrogens with two attached hydrogens (primary N) is 1. The minimum atomic E-state index is -3.86. The van der Waals surface area contributed by atoms with Gasteiger partial charge in [0, 0.05) is 18.5 Å². The van der Waals surface area contributed by atoms with Crippen LogP contribution in [0.25, 0.3) is 0 Å². The quantitative estimate of drug-likeness (QED) is 0.788. The molecule has 1 heterocycles. The highest BCUT2D eigenvalue weighted by molar-refractivity contribution is 8.08. The van der Waals surface area contributed by atoms with E-state index in [-0.39, 0.29) is 6.54 Å². The predicted octanol–water partition coefficient (Wildman–Crippen LogP) is -0.0368. The molecular weight excluding hydrogens is 276 g/mol. The van der Waals surface area contributed by atoms with Crippen LogP contribution in [0.2, 0.25) is 0 Å². The molecule has 0 fully saturated rings. The Labute approximate surface area is 106 Å². The van der Waals surface area contributed by atoms with E-state index >= 15 is 0 Å². The van der Waals surface area contributed by atoms with E-state index in [9.17, 15) is 16.8 Å². The van der Waals surface area contributed by atoms with Crippen molar-refractivity contribution >= 4 is 31.2 Å². The molecule has 0 amide bonds. The number of nitrogen functional groups attached to an aromatic ring is 1. The second kappa shape index (κ2) is 4.13. The van der Waals surface area contributed by atoms with Crippen molar-refractivity contribution in [1.29, 1.82) is 0 Å². The minimum absolute atomic E-state index is 0.261. The second-order valence-electron chi connectivity index (χ2n) is 4.37. The monoisotopic (exact) mass is 290 g/mol. The van der Waals surface area contributed by atoms with Gasteiger partial charge >= 0.3 is 0 Å². The summed E-state index contributed by atoms with van der Waals surface area (Å²) in [6.07, 6.45) is 1.47. The molecule has 0 aromatic heterocycles. The average molecular weight is 290 g/mol. The molecule has 2 N–H and O–H groups in total. The summed E-state index contributed by atoms with van der Waals surface area (Å²) < 4.78 is 47.5. The van der Waals surface area contributed by atoms with Gasteiger partial charge in [-0.25, -0.2) is 16.8 Å². The first-order chi connectivity index (χ1) is 8.19. The number of hydrogen-bond acceptors (Lipinski definition) is 5. The lowest BCUT2D eigenvalue weighted by Crippen LogP contribution is -2.33. The molecule has 1 aromatic rings. The van der Waals surface area contributed by atoms with Crippen molar-refractivity contribution in [1.82, 2.24) is 0 Å². The van der Waals surface area contributed by atoms with E-state index in [0.717, 1.165) is 16.1 Å². The molecule has 0 saturated heterocycles. The summed E-state index contributed by atoms with van der Waals surface area (Å²) in [5.41, 5.74) is 7.42. The molecule has 2 rings (SSSR count). The van der Waals surface area contributed by atoms with E-state index < -0.39 is 24.9 Å². The Morgan fingerprint density at radius 2 is 1.94 bits per heavy atom. The zero-order valence-corrected chi connectivity index (χ0v) is 11.5. The largest absolute Gasteiger partial charge is 0.399 e. The highest BCUT2D eigenvalue weighted by atomic mass is 32.3. The first-order valence-electron chi connectivity index (χ1n) is 5.25. The van der Waals surface area contributed by atoms with Gasteiger partial charge in [-0.1, -0.05) is 6.07 Å². The summed E-state index contributed by atoms with van der Waals surface area (Å²) in [6.45, 7) is 0.261. The van der Waals surface area contributed by atoms with Gasteiger partial charge < -0.3 is 5.73 Å². The Morgan fingerprint density at radius 1 is 1.28 bits per heavy atom. The van der Waals surface area contributed by atoms with Crippen LogP contribution in [-0.4, -0.2) is 34.7 Å². The van der Waals surface area contributed by atoms with Gasteiger partial charge in [-0.2, -0.15) is 0 Å². The fraction of sp³-hybridized carbons (Fsp3) is 0.400. The Kier molecular flexibility index (Phi) is 3.02. The molecular formula is C10H14N2O4S2. The molecule has 0 aliphatic carbocycles. The number of hydrogen-bond donors (Lipinski definition) is 1. The van der Waals surface area contributed by atoms with Crippen molar-refractivity contribution in [3.8, 4) is 0 Å². The van der Waals surface area contributed by atoms with E-state index in [1.54, 1.807) is 18.2 Å². The standard InChI is InChI=1S/C10H14N2O4S2/c1-17(13,14)7-18(15,16)12-5-4-8-2-3-9(11)6-10(8)12/h2-3,6H,4-5,7,11H2,1H3. The van der Waals surface area contributed by atoms with Crippen LogP contribution >= 0.6 is 0 Å². The van der Waals surface area contributed by atoms with Crippen molar-refractivity contribution in [3.05, 3.63) is 23.8 Å². The lowest BCUT2D eigenvalue weighted by atomic mass is 10.1. The summed E-state index contributed by atoms with van der Waals surface area (Å²) in [5, 5.41) is -0.881. The van der Waals surface area contributed by atoms with E-state index in [0.29, 0.717) is 17.8 Å². The normalized spacial score (nSPS) is 15.7. The first kappa shape index (κ1) is 13.2. The third kappa shape index (κ3) is 2.59. The van der Waals surface area contributed by atoms with Crippen LogP contribution < -0.4 is 10.0 Å². The van der Waals surface area contributed by atoms with Gasteiger partial charge in [-0.15, -0.1) is 0 Å². The summed E-state index contributed by atoms with van der Waals surface area (Å²) in [6, 6.07) is 5.02. The van der Waals surface area contributed by atoms with Gasteiger partial charge in [0.25, 0.3) is 0 Å². The Hall–Kier alpha value is -1.28. The molecule has 0 spiro atoms. The molecule has 8 heteroatoms. The molecule has 0 radical (unpaired) electrons. The zero-order valence-electron chi connectivity index (χ0n) is 9.83. The highest BCUT2D eigenvalue weighted by Gasteiger charge is 2.31. The average Bonchev–Trinajstić information content (AvgIpc) is 2.56. The van der Waals surface area contributed by atoms with Gasteiger partial charge in [0.05, 0.1) is 5.69 Å². The van der Waals surface area contributed by atoms with Crippen LogP contribution in [0.15, 0.2) is 18.2 Å². The number of nitrogens with zero attached hydrogens (tertiary/aromatic N) is 1. The van der Waals surface area contributed by atoms with Gasteiger partial charge in [0.1, 0.15) is 0 Å². The lowest BCUT2D eigenvalue weighted by molar-refractivity contribution is 0.589. The molecule has 0 saturated carbocycles. The van der Waals surface area contributed by atoms with Crippen molar-refractivity contribution in [2.45, 2.75) is 6.42 Å². The van der Waals surface area contributed by atoms with E-state index in [4.69, 9.17) is 5.73 Å². The van der Waals surface area contributed by atoms with Crippen LogP contribution in [0, 0.1) is 0 Å². The number of rotatable bonds is 3. The molecule has 100 valence electrons. The fourth-order valence-electron chi connectivity index (χ4n) is 1.99. The summed E-state index contributed by atoms with van der Waals surface area (Å²) in [4.78, 5) is 0. The van der Waals surface area contributed by atoms with E-state index in [2.05, 4.69) is 0 Å². The Morgan fingerprint density at radius 3 is 2.56 bits per heavy atom. The molecule has 1 aliphatic rings. The van der Waals surface area contributed by atoms with Crippen molar-refractivity contribution < 1.29 is 16.8 Å². The van der Waals surface area contributed by atoms with Gasteiger partial charge in [0.2, 0.25) is 10.0 Å². The maximum Gasteiger partial charge on any atom is 0.249 e. The van der Waals surface area contributed by atoms with Crippen LogP contribution in [0.5, 0.6) is 0 Å². The smallest absolute Gasteiger partial charge is 0.249 e. The van der Waals surface area contributed by atoms with E-state index in [1.165, 1.54) is 0 Å². The van der Waals surface area contributed by atoms with Crippen molar-refractivity contribution in [2.24, 2.45) is 0 Å². The topological polar surface area (TPSA) is 97.5 Å². The van der Waals surface area contributed by atoms with Crippen LogP contribution in [0.4, 0.5) is 11.4 Å². The summed E-state index contributed by atoms with van der Waals surface area (Å²) in [7, 11) is -7.45. The minimum Gasteiger partial charge on any atom is -0.399 e. The molecule has 18 heavy (non-hydrogen) atoms. The maximum absolute atomic E-state index is 12.0. The van der Waals surface area contributed by atoms with Crippen LogP contribution in [-0.2, 0) is 26.3 Å². The molecule has 1 aromatic carbocycles. The second-order valence-corrected chi connectivity index (χ2v) is 8.76. The third-order valence-electron chi connectivity index (χ3n) is 2.66. The summed E-state index contributed by atoms with van der Waals surface area (Å²) >= 11 is 0. The molecule has 1 aliphatic heterocycles. The SMILES string of the molecule is CS(=O)(=O)CS(=O)(=O)N1CCc2ccc(N)cc21. The molecule has 6 nitrogen and oxygen atoms in total. The Balaban J connectivity index is 2.42. The number of fused-ring (bicyclic) bond motifs is 1. The van der Waals surface area contributed by atoms with Gasteiger partial charge in [-0.05, 0) is 24.1 Å². The summed E-state index contributed by atoms with van der Waals surface area (Å²) in [5.74, 6) is 0. The number of sulfonamides is 1. The van der Waals surface area contributed by atoms with E-state index in [1.807, 2.05) is 0 Å². The maximum atomic E-state index is 12.0. The first-order valence-corrected chi connectivity index (χ1v) is 8.92.